The average Bonchev–Trinajstić information content (AvgIpc) is 3.33. The van der Waals surface area contributed by atoms with Crippen LogP contribution in [0.4, 0.5) is 0 Å². The third-order valence-corrected chi connectivity index (χ3v) is 4.16. The Morgan fingerprint density at radius 3 is 2.88 bits per heavy atom. The van der Waals surface area contributed by atoms with Gasteiger partial charge in [-0.2, -0.15) is 5.10 Å². The molecule has 1 N–H and O–H groups in total. The standard InChI is InChI=1S/C17H17N5O2/c1-21-9-11(8-18-21)10-22(12-6-7-12)17(24)15-16(23)20-14-5-3-2-4-13(14)19-15/h2-5,8-9,12H,6-7,10H2,1H3,(H,20,23). The first-order valence-corrected chi connectivity index (χ1v) is 7.89. The van der Waals surface area contributed by atoms with Gasteiger partial charge >= 0.3 is 0 Å². The zero-order valence-electron chi connectivity index (χ0n) is 13.3. The molecule has 1 amide bonds. The molecule has 1 saturated carbocycles. The normalized spacial score (nSPS) is 14.0. The number of para-hydroxylation sites is 2. The molecule has 122 valence electrons. The van der Waals surface area contributed by atoms with Crippen molar-refractivity contribution in [2.24, 2.45) is 7.05 Å². The molecule has 1 aliphatic carbocycles. The van der Waals surface area contributed by atoms with Crippen LogP contribution < -0.4 is 5.56 Å². The summed E-state index contributed by atoms with van der Waals surface area (Å²) >= 11 is 0. The fraction of sp³-hybridized carbons (Fsp3) is 0.294. The Hall–Kier alpha value is -2.96. The molecule has 0 bridgehead atoms. The lowest BCUT2D eigenvalue weighted by molar-refractivity contribution is 0.0722. The predicted octanol–water partition coefficient (Wildman–Crippen LogP) is 1.46. The summed E-state index contributed by atoms with van der Waals surface area (Å²) in [4.78, 5) is 34.0. The van der Waals surface area contributed by atoms with E-state index in [-0.39, 0.29) is 17.6 Å². The number of carbonyl (C=O) groups is 1. The van der Waals surface area contributed by atoms with Crippen molar-refractivity contribution in [1.29, 1.82) is 0 Å². The van der Waals surface area contributed by atoms with E-state index < -0.39 is 5.56 Å². The summed E-state index contributed by atoms with van der Waals surface area (Å²) in [5, 5.41) is 4.14. The molecular formula is C17H17N5O2. The SMILES string of the molecule is Cn1cc(CN(C(=O)c2nc3ccccc3[nH]c2=O)C2CC2)cn1. The van der Waals surface area contributed by atoms with Crippen LogP contribution in [0.2, 0.25) is 0 Å². The van der Waals surface area contributed by atoms with Crippen molar-refractivity contribution >= 4 is 16.9 Å². The van der Waals surface area contributed by atoms with Gasteiger partial charge in [-0.3, -0.25) is 14.3 Å². The summed E-state index contributed by atoms with van der Waals surface area (Å²) in [5.74, 6) is -0.326. The molecule has 1 aliphatic rings. The van der Waals surface area contributed by atoms with Crippen LogP contribution in [0, 0.1) is 0 Å². The van der Waals surface area contributed by atoms with Crippen LogP contribution >= 0.6 is 0 Å². The van der Waals surface area contributed by atoms with Crippen LogP contribution in [0.5, 0.6) is 0 Å². The maximum Gasteiger partial charge on any atom is 0.280 e. The number of nitrogens with one attached hydrogen (secondary N) is 1. The number of aromatic amines is 1. The molecule has 24 heavy (non-hydrogen) atoms. The molecule has 4 rings (SSSR count). The van der Waals surface area contributed by atoms with E-state index in [1.165, 1.54) is 0 Å². The van der Waals surface area contributed by atoms with E-state index in [1.54, 1.807) is 27.9 Å². The second kappa shape index (κ2) is 5.59. The van der Waals surface area contributed by atoms with Gasteiger partial charge in [0.2, 0.25) is 0 Å². The molecule has 0 atom stereocenters. The number of nitrogens with zero attached hydrogens (tertiary/aromatic N) is 4. The zero-order valence-corrected chi connectivity index (χ0v) is 13.3. The quantitative estimate of drug-likeness (QED) is 0.788. The highest BCUT2D eigenvalue weighted by atomic mass is 16.2. The molecule has 0 radical (unpaired) electrons. The number of rotatable bonds is 4. The number of aryl methyl sites for hydroxylation is 1. The van der Waals surface area contributed by atoms with E-state index in [1.807, 2.05) is 25.4 Å². The number of hydrogen-bond acceptors (Lipinski definition) is 4. The fourth-order valence-electron chi connectivity index (χ4n) is 2.81. The summed E-state index contributed by atoms with van der Waals surface area (Å²) in [6, 6.07) is 7.37. The van der Waals surface area contributed by atoms with E-state index in [0.717, 1.165) is 18.4 Å². The molecule has 7 heteroatoms. The van der Waals surface area contributed by atoms with Gasteiger partial charge < -0.3 is 9.88 Å². The van der Waals surface area contributed by atoms with Crippen LogP contribution in [0.25, 0.3) is 11.0 Å². The summed E-state index contributed by atoms with van der Waals surface area (Å²) in [6.07, 6.45) is 5.52. The van der Waals surface area contributed by atoms with Gasteiger partial charge in [-0.1, -0.05) is 12.1 Å². The van der Waals surface area contributed by atoms with Crippen molar-refractivity contribution < 1.29 is 4.79 Å². The third-order valence-electron chi connectivity index (χ3n) is 4.16. The molecule has 0 saturated heterocycles. The molecule has 1 fully saturated rings. The average molecular weight is 323 g/mol. The second-order valence-electron chi connectivity index (χ2n) is 6.12. The highest BCUT2D eigenvalue weighted by Crippen LogP contribution is 2.29. The first kappa shape index (κ1) is 14.6. The Bertz CT molecular complexity index is 970. The summed E-state index contributed by atoms with van der Waals surface area (Å²) in [5.41, 5.74) is 1.68. The minimum absolute atomic E-state index is 0.0514. The largest absolute Gasteiger partial charge is 0.330 e. The van der Waals surface area contributed by atoms with Gasteiger partial charge in [-0.15, -0.1) is 0 Å². The lowest BCUT2D eigenvalue weighted by Gasteiger charge is -2.21. The number of H-pyrrole nitrogens is 1. The van der Waals surface area contributed by atoms with Crippen LogP contribution in [0.3, 0.4) is 0 Å². The molecule has 7 nitrogen and oxygen atoms in total. The first-order chi connectivity index (χ1) is 11.6. The summed E-state index contributed by atoms with van der Waals surface area (Å²) < 4.78 is 1.70. The fourth-order valence-corrected chi connectivity index (χ4v) is 2.81. The van der Waals surface area contributed by atoms with Crippen molar-refractivity contribution in [3.63, 3.8) is 0 Å². The molecule has 0 unspecified atom stereocenters. The molecule has 1 aromatic carbocycles. The number of aromatic nitrogens is 4. The van der Waals surface area contributed by atoms with E-state index in [4.69, 9.17) is 0 Å². The molecule has 0 spiro atoms. The van der Waals surface area contributed by atoms with E-state index in [9.17, 15) is 9.59 Å². The van der Waals surface area contributed by atoms with Crippen LogP contribution in [0.1, 0.15) is 28.9 Å². The molecule has 2 heterocycles. The van der Waals surface area contributed by atoms with E-state index >= 15 is 0 Å². The van der Waals surface area contributed by atoms with Gasteiger partial charge in [0.15, 0.2) is 5.69 Å². The van der Waals surface area contributed by atoms with Gasteiger partial charge in [-0.05, 0) is 25.0 Å². The lowest BCUT2D eigenvalue weighted by atomic mass is 10.2. The Labute approximate surface area is 137 Å². The lowest BCUT2D eigenvalue weighted by Crippen LogP contribution is -2.37. The van der Waals surface area contributed by atoms with Crippen LogP contribution in [-0.2, 0) is 13.6 Å². The van der Waals surface area contributed by atoms with E-state index in [2.05, 4.69) is 15.1 Å². The van der Waals surface area contributed by atoms with Crippen LogP contribution in [-0.4, -0.2) is 36.6 Å². The van der Waals surface area contributed by atoms with Gasteiger partial charge in [-0.25, -0.2) is 4.98 Å². The number of amides is 1. The number of carbonyl (C=O) groups excluding carboxylic acids is 1. The highest BCUT2D eigenvalue weighted by molar-refractivity contribution is 5.94. The van der Waals surface area contributed by atoms with Gasteiger partial charge in [0.05, 0.1) is 17.2 Å². The molecule has 2 aromatic heterocycles. The zero-order chi connectivity index (χ0) is 16.7. The molecule has 3 aromatic rings. The second-order valence-corrected chi connectivity index (χ2v) is 6.12. The third kappa shape index (κ3) is 2.68. The Morgan fingerprint density at radius 2 is 2.17 bits per heavy atom. The maximum atomic E-state index is 12.9. The minimum atomic E-state index is -0.449. The smallest absolute Gasteiger partial charge is 0.280 e. The van der Waals surface area contributed by atoms with Gasteiger partial charge in [0, 0.05) is 31.4 Å². The molecular weight excluding hydrogens is 306 g/mol. The minimum Gasteiger partial charge on any atom is -0.330 e. The Morgan fingerprint density at radius 1 is 1.38 bits per heavy atom. The highest BCUT2D eigenvalue weighted by Gasteiger charge is 2.35. The molecule has 0 aliphatic heterocycles. The van der Waals surface area contributed by atoms with Crippen LogP contribution in [0.15, 0.2) is 41.5 Å². The first-order valence-electron chi connectivity index (χ1n) is 7.89. The Balaban J connectivity index is 1.70. The van der Waals surface area contributed by atoms with Gasteiger partial charge in [0.25, 0.3) is 11.5 Å². The Kier molecular flexibility index (Phi) is 3.41. The topological polar surface area (TPSA) is 83.9 Å². The summed E-state index contributed by atoms with van der Waals surface area (Å²) in [6.45, 7) is 0.436. The van der Waals surface area contributed by atoms with Crippen molar-refractivity contribution in [2.45, 2.75) is 25.4 Å². The van der Waals surface area contributed by atoms with Crippen molar-refractivity contribution in [1.82, 2.24) is 24.6 Å². The van der Waals surface area contributed by atoms with Gasteiger partial charge in [0.1, 0.15) is 0 Å². The van der Waals surface area contributed by atoms with Crippen molar-refractivity contribution in [3.8, 4) is 0 Å². The number of hydrogen-bond donors (Lipinski definition) is 1. The monoisotopic (exact) mass is 323 g/mol. The summed E-state index contributed by atoms with van der Waals surface area (Å²) in [7, 11) is 1.84. The predicted molar refractivity (Wildman–Crippen MR) is 88.5 cm³/mol. The number of benzene rings is 1. The van der Waals surface area contributed by atoms with E-state index in [0.29, 0.717) is 17.6 Å². The number of fused-ring (bicyclic) bond motifs is 1. The van der Waals surface area contributed by atoms with Crippen molar-refractivity contribution in [3.05, 3.63) is 58.3 Å². The maximum absolute atomic E-state index is 12.9. The van der Waals surface area contributed by atoms with Crippen molar-refractivity contribution in [2.75, 3.05) is 0 Å².